The van der Waals surface area contributed by atoms with E-state index in [2.05, 4.69) is 5.32 Å². The van der Waals surface area contributed by atoms with Crippen LogP contribution in [0.5, 0.6) is 0 Å². The number of rotatable bonds is 3. The van der Waals surface area contributed by atoms with Crippen LogP contribution in [0.25, 0.3) is 0 Å². The zero-order chi connectivity index (χ0) is 8.43. The summed E-state index contributed by atoms with van der Waals surface area (Å²) in [4.78, 5) is 0. The summed E-state index contributed by atoms with van der Waals surface area (Å²) in [6.07, 6.45) is -1.71. The molecule has 12 heavy (non-hydrogen) atoms. The van der Waals surface area contributed by atoms with E-state index in [0.717, 1.165) is 0 Å². The van der Waals surface area contributed by atoms with Gasteiger partial charge in [0.2, 0.25) is 0 Å². The largest absolute Gasteiger partial charge is 0.395 e. The SMILES string of the molecule is Cl.OC[C@@H]1N[C@H]([C@@H](O)CO)[C@H]1O. The van der Waals surface area contributed by atoms with Crippen LogP contribution >= 0.6 is 12.4 Å². The first-order chi connectivity index (χ1) is 5.20. The van der Waals surface area contributed by atoms with E-state index in [-0.39, 0.29) is 31.7 Å². The fourth-order valence-electron chi connectivity index (χ4n) is 1.19. The lowest BCUT2D eigenvalue weighted by Gasteiger charge is -2.43. The Hall–Kier alpha value is 0.0900. The second kappa shape index (κ2) is 4.96. The molecule has 0 saturated carbocycles. The first-order valence-corrected chi connectivity index (χ1v) is 3.54. The number of hydrogen-bond acceptors (Lipinski definition) is 5. The second-order valence-electron chi connectivity index (χ2n) is 2.72. The van der Waals surface area contributed by atoms with E-state index in [9.17, 15) is 5.11 Å². The highest BCUT2D eigenvalue weighted by molar-refractivity contribution is 5.85. The molecule has 6 heteroatoms. The molecule has 5 nitrogen and oxygen atoms in total. The minimum absolute atomic E-state index is 0. The Labute approximate surface area is 76.4 Å². The highest BCUT2D eigenvalue weighted by atomic mass is 35.5. The number of nitrogens with one attached hydrogen (secondary N) is 1. The van der Waals surface area contributed by atoms with Crippen molar-refractivity contribution in [1.82, 2.24) is 5.32 Å². The third kappa shape index (κ3) is 2.07. The standard InChI is InChI=1S/C6H13NO4.ClH/c8-1-3-6(11)5(7-3)4(10)2-9;/h3-11H,1-2H2;1H/t3-,4-,5+,6-;/m0./s1. The molecule has 4 atom stereocenters. The zero-order valence-corrected chi connectivity index (χ0v) is 7.24. The molecule has 1 aliphatic rings. The summed E-state index contributed by atoms with van der Waals surface area (Å²) in [6, 6.07) is -0.863. The molecule has 0 radical (unpaired) electrons. The Bertz CT molecular complexity index is 137. The van der Waals surface area contributed by atoms with E-state index < -0.39 is 18.2 Å². The monoisotopic (exact) mass is 199 g/mol. The van der Waals surface area contributed by atoms with Crippen molar-refractivity contribution in [2.24, 2.45) is 0 Å². The number of halogens is 1. The first kappa shape index (κ1) is 12.1. The predicted octanol–water partition coefficient (Wildman–Crippen LogP) is -2.54. The topological polar surface area (TPSA) is 93.0 Å². The van der Waals surface area contributed by atoms with Gasteiger partial charge >= 0.3 is 0 Å². The number of hydrogen-bond donors (Lipinski definition) is 5. The van der Waals surface area contributed by atoms with Crippen molar-refractivity contribution in [2.45, 2.75) is 24.3 Å². The summed E-state index contributed by atoms with van der Waals surface area (Å²) in [5.74, 6) is 0. The molecule has 0 aromatic rings. The number of aliphatic hydroxyl groups is 4. The third-order valence-corrected chi connectivity index (χ3v) is 1.99. The second-order valence-corrected chi connectivity index (χ2v) is 2.72. The van der Waals surface area contributed by atoms with Crippen molar-refractivity contribution in [3.05, 3.63) is 0 Å². The van der Waals surface area contributed by atoms with Crippen molar-refractivity contribution in [1.29, 1.82) is 0 Å². The van der Waals surface area contributed by atoms with E-state index in [1.165, 1.54) is 0 Å². The maximum Gasteiger partial charge on any atom is 0.0949 e. The highest BCUT2D eigenvalue weighted by Crippen LogP contribution is 2.15. The summed E-state index contributed by atoms with van der Waals surface area (Å²) in [7, 11) is 0. The smallest absolute Gasteiger partial charge is 0.0949 e. The van der Waals surface area contributed by atoms with Gasteiger partial charge in [-0.3, -0.25) is 0 Å². The molecule has 1 heterocycles. The minimum Gasteiger partial charge on any atom is -0.395 e. The van der Waals surface area contributed by atoms with Gasteiger partial charge in [0.25, 0.3) is 0 Å². The van der Waals surface area contributed by atoms with Gasteiger partial charge in [0.15, 0.2) is 0 Å². The van der Waals surface area contributed by atoms with E-state index in [1.807, 2.05) is 0 Å². The summed E-state index contributed by atoms with van der Waals surface area (Å²) in [6.45, 7) is -0.539. The van der Waals surface area contributed by atoms with Crippen LogP contribution in [0.15, 0.2) is 0 Å². The summed E-state index contributed by atoms with van der Waals surface area (Å²) in [5.41, 5.74) is 0. The summed E-state index contributed by atoms with van der Waals surface area (Å²) >= 11 is 0. The average Bonchev–Trinajstić information content (AvgIpc) is 2.02. The average molecular weight is 200 g/mol. The molecule has 0 aromatic carbocycles. The van der Waals surface area contributed by atoms with Crippen molar-refractivity contribution in [2.75, 3.05) is 13.2 Å². The Morgan fingerprint density at radius 1 is 1.33 bits per heavy atom. The van der Waals surface area contributed by atoms with Crippen LogP contribution in [0, 0.1) is 0 Å². The maximum absolute atomic E-state index is 9.18. The Morgan fingerprint density at radius 3 is 2.25 bits per heavy atom. The number of aliphatic hydroxyl groups excluding tert-OH is 4. The van der Waals surface area contributed by atoms with Gasteiger partial charge < -0.3 is 25.7 Å². The maximum atomic E-state index is 9.18. The van der Waals surface area contributed by atoms with Gasteiger partial charge in [-0.25, -0.2) is 0 Å². The van der Waals surface area contributed by atoms with Crippen LogP contribution in [0.4, 0.5) is 0 Å². The Balaban J connectivity index is 0.00000121. The van der Waals surface area contributed by atoms with Gasteiger partial charge in [-0.15, -0.1) is 12.4 Å². The molecule has 0 bridgehead atoms. The summed E-state index contributed by atoms with van der Waals surface area (Å²) in [5, 5.41) is 37.9. The van der Waals surface area contributed by atoms with E-state index >= 15 is 0 Å². The normalized spacial score (nSPS) is 36.5. The lowest BCUT2D eigenvalue weighted by Crippen LogP contribution is -2.71. The van der Waals surface area contributed by atoms with E-state index in [0.29, 0.717) is 0 Å². The molecule has 1 aliphatic heterocycles. The van der Waals surface area contributed by atoms with Gasteiger partial charge in [0, 0.05) is 0 Å². The van der Waals surface area contributed by atoms with Crippen LogP contribution < -0.4 is 5.32 Å². The van der Waals surface area contributed by atoms with Crippen molar-refractivity contribution in [3.63, 3.8) is 0 Å². The fourth-order valence-corrected chi connectivity index (χ4v) is 1.19. The van der Waals surface area contributed by atoms with Gasteiger partial charge in [-0.05, 0) is 0 Å². The third-order valence-electron chi connectivity index (χ3n) is 1.99. The van der Waals surface area contributed by atoms with Crippen LogP contribution in [-0.2, 0) is 0 Å². The molecule has 0 amide bonds. The summed E-state index contributed by atoms with van der Waals surface area (Å²) < 4.78 is 0. The minimum atomic E-state index is -0.951. The lowest BCUT2D eigenvalue weighted by molar-refractivity contribution is -0.0778. The molecule has 0 aliphatic carbocycles. The fraction of sp³-hybridized carbons (Fsp3) is 1.00. The Kier molecular flexibility index (Phi) is 5.00. The van der Waals surface area contributed by atoms with Gasteiger partial charge in [0.1, 0.15) is 0 Å². The Morgan fingerprint density at radius 2 is 1.92 bits per heavy atom. The molecule has 0 spiro atoms. The van der Waals surface area contributed by atoms with Crippen LogP contribution in [0.2, 0.25) is 0 Å². The molecule has 5 N–H and O–H groups in total. The molecular formula is C6H14ClNO4. The molecule has 1 fully saturated rings. The predicted molar refractivity (Wildman–Crippen MR) is 44.1 cm³/mol. The molecular weight excluding hydrogens is 186 g/mol. The van der Waals surface area contributed by atoms with Gasteiger partial charge in [-0.1, -0.05) is 0 Å². The zero-order valence-electron chi connectivity index (χ0n) is 6.42. The van der Waals surface area contributed by atoms with E-state index in [1.54, 1.807) is 0 Å². The first-order valence-electron chi connectivity index (χ1n) is 3.54. The van der Waals surface area contributed by atoms with Crippen molar-refractivity contribution in [3.8, 4) is 0 Å². The van der Waals surface area contributed by atoms with Crippen LogP contribution in [-0.4, -0.2) is 57.9 Å². The van der Waals surface area contributed by atoms with Crippen LogP contribution in [0.3, 0.4) is 0 Å². The quantitative estimate of drug-likeness (QED) is 0.345. The molecule has 1 rings (SSSR count). The molecule has 1 saturated heterocycles. The molecule has 0 unspecified atom stereocenters. The highest BCUT2D eigenvalue weighted by Gasteiger charge is 2.42. The van der Waals surface area contributed by atoms with Crippen LogP contribution in [0.1, 0.15) is 0 Å². The molecule has 74 valence electrons. The lowest BCUT2D eigenvalue weighted by atomic mass is 9.89. The van der Waals surface area contributed by atoms with Crippen molar-refractivity contribution >= 4 is 12.4 Å². The van der Waals surface area contributed by atoms with Crippen molar-refractivity contribution < 1.29 is 20.4 Å². The van der Waals surface area contributed by atoms with Gasteiger partial charge in [0.05, 0.1) is 37.5 Å². The van der Waals surface area contributed by atoms with Gasteiger partial charge in [-0.2, -0.15) is 0 Å². The molecule has 0 aromatic heterocycles. The van der Waals surface area contributed by atoms with E-state index in [4.69, 9.17) is 15.3 Å².